The second-order valence-corrected chi connectivity index (χ2v) is 8.09. The molecule has 0 bridgehead atoms. The molecule has 6 nitrogen and oxygen atoms in total. The molecule has 0 unspecified atom stereocenters. The van der Waals surface area contributed by atoms with Crippen LogP contribution in [0.4, 0.5) is 5.69 Å². The van der Waals surface area contributed by atoms with Crippen molar-refractivity contribution in [3.05, 3.63) is 90.8 Å². The number of para-hydroxylation sites is 1. The lowest BCUT2D eigenvalue weighted by Crippen LogP contribution is -2.09. The molecule has 0 aliphatic rings. The number of hydrogen-bond donors (Lipinski definition) is 1. The van der Waals surface area contributed by atoms with Gasteiger partial charge in [0.05, 0.1) is 31.7 Å². The number of nitrogens with zero attached hydrogens (tertiary/aromatic N) is 1. The number of benzene rings is 3. The molecule has 0 aliphatic heterocycles. The molecule has 5 rings (SSSR count). The van der Waals surface area contributed by atoms with E-state index in [1.54, 1.807) is 32.8 Å². The molecule has 1 N–H and O–H groups in total. The minimum absolute atomic E-state index is 0.238. The molecule has 0 fully saturated rings. The molecule has 0 saturated heterocycles. The Balaban J connectivity index is 1.53. The van der Waals surface area contributed by atoms with Gasteiger partial charge in [0.1, 0.15) is 17.1 Å². The third-order valence-corrected chi connectivity index (χ3v) is 5.97. The summed E-state index contributed by atoms with van der Waals surface area (Å²) in [5, 5.41) is 4.76. The van der Waals surface area contributed by atoms with Crippen LogP contribution in [0.5, 0.6) is 11.5 Å². The fraction of sp³-hybridized carbons (Fsp3) is 0.103. The molecule has 35 heavy (non-hydrogen) atoms. The predicted molar refractivity (Wildman–Crippen MR) is 139 cm³/mol. The van der Waals surface area contributed by atoms with E-state index in [4.69, 9.17) is 13.9 Å². The maximum Gasteiger partial charge on any atom is 0.248 e. The van der Waals surface area contributed by atoms with Crippen molar-refractivity contribution >= 4 is 39.0 Å². The molecule has 0 aliphatic carbocycles. The summed E-state index contributed by atoms with van der Waals surface area (Å²) in [6.07, 6.45) is 5.02. The monoisotopic (exact) mass is 464 g/mol. The number of nitrogens with one attached hydrogen (secondary N) is 1. The first kappa shape index (κ1) is 22.2. The van der Waals surface area contributed by atoms with Crippen LogP contribution in [0.3, 0.4) is 0 Å². The zero-order valence-corrected chi connectivity index (χ0v) is 19.7. The first-order chi connectivity index (χ1) is 17.1. The van der Waals surface area contributed by atoms with E-state index < -0.39 is 0 Å². The number of furan rings is 1. The standard InChI is InChI=1S/C29H24N2O4/c1-18(14-29(32)31-25-11-6-10-24-20(25)9-7-13-30-24)21-15-22-23(17-35-28(22)16-27(21)34-3)19-8-4-5-12-26(19)33-2/h4-17H,1-3H3,(H,31,32)/b18-14+. The van der Waals surface area contributed by atoms with Gasteiger partial charge in [-0.3, -0.25) is 9.78 Å². The Bertz CT molecular complexity index is 1580. The summed E-state index contributed by atoms with van der Waals surface area (Å²) in [5.74, 6) is 1.14. The van der Waals surface area contributed by atoms with Crippen LogP contribution in [-0.4, -0.2) is 25.1 Å². The fourth-order valence-electron chi connectivity index (χ4n) is 4.26. The van der Waals surface area contributed by atoms with E-state index in [2.05, 4.69) is 10.3 Å². The third kappa shape index (κ3) is 4.22. The lowest BCUT2D eigenvalue weighted by molar-refractivity contribution is -0.111. The summed E-state index contributed by atoms with van der Waals surface area (Å²) in [5.41, 5.74) is 5.60. The Labute approximate surface area is 202 Å². The molecule has 0 atom stereocenters. The summed E-state index contributed by atoms with van der Waals surface area (Å²) in [6.45, 7) is 1.89. The van der Waals surface area contributed by atoms with Crippen LogP contribution in [0, 0.1) is 0 Å². The number of pyridine rings is 1. The summed E-state index contributed by atoms with van der Waals surface area (Å²) in [6, 6.07) is 21.0. The molecule has 0 saturated carbocycles. The lowest BCUT2D eigenvalue weighted by atomic mass is 9.98. The van der Waals surface area contributed by atoms with Gasteiger partial charge >= 0.3 is 0 Å². The van der Waals surface area contributed by atoms with Crippen molar-refractivity contribution in [3.8, 4) is 22.6 Å². The highest BCUT2D eigenvalue weighted by molar-refractivity contribution is 6.09. The van der Waals surface area contributed by atoms with Crippen LogP contribution < -0.4 is 14.8 Å². The van der Waals surface area contributed by atoms with Gasteiger partial charge in [-0.1, -0.05) is 24.3 Å². The second-order valence-electron chi connectivity index (χ2n) is 8.09. The van der Waals surface area contributed by atoms with E-state index in [-0.39, 0.29) is 5.91 Å². The van der Waals surface area contributed by atoms with Crippen LogP contribution in [0.2, 0.25) is 0 Å². The van der Waals surface area contributed by atoms with E-state index in [0.717, 1.165) is 44.3 Å². The maximum absolute atomic E-state index is 12.9. The van der Waals surface area contributed by atoms with Crippen LogP contribution in [0.1, 0.15) is 12.5 Å². The third-order valence-electron chi connectivity index (χ3n) is 5.97. The molecule has 0 spiro atoms. The summed E-state index contributed by atoms with van der Waals surface area (Å²) in [7, 11) is 3.25. The number of rotatable bonds is 6. The normalized spacial score (nSPS) is 11.6. The van der Waals surface area contributed by atoms with Crippen molar-refractivity contribution in [2.75, 3.05) is 19.5 Å². The van der Waals surface area contributed by atoms with Crippen molar-refractivity contribution in [2.45, 2.75) is 6.92 Å². The van der Waals surface area contributed by atoms with Gasteiger partial charge in [0.15, 0.2) is 0 Å². The highest BCUT2D eigenvalue weighted by Gasteiger charge is 2.17. The Hall–Kier alpha value is -4.58. The smallest absolute Gasteiger partial charge is 0.248 e. The first-order valence-electron chi connectivity index (χ1n) is 11.1. The molecule has 0 radical (unpaired) electrons. The summed E-state index contributed by atoms with van der Waals surface area (Å²) >= 11 is 0. The average Bonchev–Trinajstić information content (AvgIpc) is 3.30. The Morgan fingerprint density at radius 2 is 1.74 bits per heavy atom. The van der Waals surface area contributed by atoms with Crippen LogP contribution >= 0.6 is 0 Å². The van der Waals surface area contributed by atoms with E-state index in [0.29, 0.717) is 17.0 Å². The number of methoxy groups -OCH3 is 2. The van der Waals surface area contributed by atoms with Gasteiger partial charge in [-0.05, 0) is 48.9 Å². The lowest BCUT2D eigenvalue weighted by Gasteiger charge is -2.11. The van der Waals surface area contributed by atoms with Crippen LogP contribution in [-0.2, 0) is 4.79 Å². The molecule has 1 amide bonds. The molecule has 3 aromatic carbocycles. The number of carbonyl (C=O) groups excluding carboxylic acids is 1. The number of carbonyl (C=O) groups is 1. The van der Waals surface area contributed by atoms with Gasteiger partial charge in [-0.2, -0.15) is 0 Å². The Morgan fingerprint density at radius 1 is 0.914 bits per heavy atom. The van der Waals surface area contributed by atoms with Gasteiger partial charge in [-0.25, -0.2) is 0 Å². The van der Waals surface area contributed by atoms with Crippen molar-refractivity contribution in [1.82, 2.24) is 4.98 Å². The second kappa shape index (κ2) is 9.35. The fourth-order valence-corrected chi connectivity index (χ4v) is 4.26. The Kier molecular flexibility index (Phi) is 5.94. The molecule has 2 aromatic heterocycles. The average molecular weight is 465 g/mol. The number of hydrogen-bond acceptors (Lipinski definition) is 5. The number of aromatic nitrogens is 1. The summed E-state index contributed by atoms with van der Waals surface area (Å²) in [4.78, 5) is 17.3. The molecular formula is C29H24N2O4. The van der Waals surface area contributed by atoms with E-state index in [1.807, 2.05) is 73.7 Å². The van der Waals surface area contributed by atoms with Crippen molar-refractivity contribution in [1.29, 1.82) is 0 Å². The number of fused-ring (bicyclic) bond motifs is 2. The van der Waals surface area contributed by atoms with Crippen LogP contribution in [0.15, 0.2) is 89.7 Å². The maximum atomic E-state index is 12.9. The molecule has 5 aromatic rings. The topological polar surface area (TPSA) is 73.6 Å². The zero-order valence-electron chi connectivity index (χ0n) is 19.7. The zero-order chi connectivity index (χ0) is 24.4. The van der Waals surface area contributed by atoms with Gasteiger partial charge < -0.3 is 19.2 Å². The highest BCUT2D eigenvalue weighted by atomic mass is 16.5. The highest BCUT2D eigenvalue weighted by Crippen LogP contribution is 2.40. The quantitative estimate of drug-likeness (QED) is 0.283. The minimum Gasteiger partial charge on any atom is -0.496 e. The van der Waals surface area contributed by atoms with Crippen molar-refractivity contribution in [3.63, 3.8) is 0 Å². The van der Waals surface area contributed by atoms with Gasteiger partial charge in [0.2, 0.25) is 5.91 Å². The Morgan fingerprint density at radius 3 is 2.57 bits per heavy atom. The number of ether oxygens (including phenoxy) is 2. The van der Waals surface area contributed by atoms with Crippen molar-refractivity contribution < 1.29 is 18.7 Å². The number of anilines is 1. The largest absolute Gasteiger partial charge is 0.496 e. The van der Waals surface area contributed by atoms with Crippen molar-refractivity contribution in [2.24, 2.45) is 0 Å². The molecule has 174 valence electrons. The van der Waals surface area contributed by atoms with Gasteiger partial charge in [-0.15, -0.1) is 0 Å². The predicted octanol–water partition coefficient (Wildman–Crippen LogP) is 6.71. The van der Waals surface area contributed by atoms with E-state index in [1.165, 1.54) is 0 Å². The minimum atomic E-state index is -0.238. The van der Waals surface area contributed by atoms with E-state index >= 15 is 0 Å². The van der Waals surface area contributed by atoms with Gasteiger partial charge in [0, 0.05) is 45.8 Å². The number of amides is 1. The SMILES string of the molecule is COc1cc2occ(-c3ccccc3OC)c2cc1/C(C)=C/C(=O)Nc1cccc2ncccc12. The van der Waals surface area contributed by atoms with E-state index in [9.17, 15) is 4.79 Å². The summed E-state index contributed by atoms with van der Waals surface area (Å²) < 4.78 is 17.0. The van der Waals surface area contributed by atoms with Gasteiger partial charge in [0.25, 0.3) is 0 Å². The first-order valence-corrected chi connectivity index (χ1v) is 11.1. The molecule has 6 heteroatoms. The van der Waals surface area contributed by atoms with Crippen LogP contribution in [0.25, 0.3) is 38.6 Å². The molecule has 2 heterocycles. The molecular weight excluding hydrogens is 440 g/mol. The number of allylic oxidation sites excluding steroid dienone is 1.